The maximum absolute atomic E-state index is 12.6. The molecule has 1 aromatic heterocycles. The van der Waals surface area contributed by atoms with Gasteiger partial charge in [-0.15, -0.1) is 6.42 Å². The van der Waals surface area contributed by atoms with Crippen LogP contribution in [0, 0.1) is 40.9 Å². The summed E-state index contributed by atoms with van der Waals surface area (Å²) in [6.45, 7) is 3.87. The molecule has 1 aromatic carbocycles. The van der Waals surface area contributed by atoms with Crippen molar-refractivity contribution in [2.75, 3.05) is 6.61 Å². The highest BCUT2D eigenvalue weighted by molar-refractivity contribution is 5.96. The van der Waals surface area contributed by atoms with Gasteiger partial charge in [0.05, 0.1) is 11.8 Å². The van der Waals surface area contributed by atoms with Gasteiger partial charge in [-0.05, 0) is 91.9 Å². The Labute approximate surface area is 256 Å². The molecule has 6 N–H and O–H groups in total. The van der Waals surface area contributed by atoms with Crippen molar-refractivity contribution in [3.8, 4) is 18.1 Å². The molecule has 0 bridgehead atoms. The van der Waals surface area contributed by atoms with Crippen LogP contribution in [0.1, 0.15) is 64.4 Å². The van der Waals surface area contributed by atoms with Crippen molar-refractivity contribution in [1.82, 2.24) is 10.3 Å². The average molecular weight is 604 g/mol. The number of aromatic nitrogens is 1. The highest BCUT2D eigenvalue weighted by Crippen LogP contribution is 2.67. The van der Waals surface area contributed by atoms with Crippen LogP contribution in [0.4, 0.5) is 0 Å². The number of nitrogens with zero attached hydrogens (tertiary/aromatic N) is 1. The summed E-state index contributed by atoms with van der Waals surface area (Å²) < 4.78 is 0. The molecule has 3 saturated carbocycles. The van der Waals surface area contributed by atoms with Crippen molar-refractivity contribution < 1.29 is 34.9 Å². The fraction of sp³-hybridized carbons (Fsp3) is 0.559. The minimum Gasteiger partial charge on any atom is -0.508 e. The molecular weight excluding hydrogens is 562 g/mol. The number of phenols is 1. The molecule has 3 fully saturated rings. The van der Waals surface area contributed by atoms with Gasteiger partial charge in [-0.25, -0.2) is 4.79 Å². The normalized spacial score (nSPS) is 36.0. The van der Waals surface area contributed by atoms with E-state index in [4.69, 9.17) is 11.3 Å². The Balaban J connectivity index is 1.09. The number of amides is 1. The van der Waals surface area contributed by atoms with Gasteiger partial charge in [0.1, 0.15) is 17.4 Å². The van der Waals surface area contributed by atoms with E-state index in [-0.39, 0.29) is 35.3 Å². The molecule has 2 aromatic rings. The Kier molecular flexibility index (Phi) is 7.53. The van der Waals surface area contributed by atoms with Crippen LogP contribution in [0.3, 0.4) is 0 Å². The number of aliphatic hydroxyl groups is 2. The van der Waals surface area contributed by atoms with Gasteiger partial charge in [0.2, 0.25) is 0 Å². The molecule has 1 heterocycles. The van der Waals surface area contributed by atoms with Crippen LogP contribution in [0.25, 0.3) is 10.9 Å². The fourth-order valence-corrected chi connectivity index (χ4v) is 9.19. The fourth-order valence-electron chi connectivity index (χ4n) is 9.19. The molecule has 10 heteroatoms. The van der Waals surface area contributed by atoms with E-state index < -0.39 is 41.6 Å². The molecule has 0 aliphatic heterocycles. The zero-order chi connectivity index (χ0) is 31.4. The minimum absolute atomic E-state index is 0.0566. The Hall–Kier alpha value is -3.81. The Morgan fingerprint density at radius 1 is 1.25 bits per heavy atom. The number of benzene rings is 1. The van der Waals surface area contributed by atoms with E-state index in [0.717, 1.165) is 36.8 Å². The number of carbonyl (C=O) groups excluding carboxylic acids is 1. The molecule has 10 nitrogen and oxygen atoms in total. The van der Waals surface area contributed by atoms with E-state index in [0.29, 0.717) is 30.3 Å². The number of hydrogen-bond donors (Lipinski definition) is 6. The van der Waals surface area contributed by atoms with Gasteiger partial charge in [0.15, 0.2) is 6.61 Å². The molecule has 0 saturated heterocycles. The number of hydrogen-bond acceptors (Lipinski definition) is 7. The van der Waals surface area contributed by atoms with Gasteiger partial charge in [-0.2, -0.15) is 0 Å². The molecule has 1 amide bonds. The van der Waals surface area contributed by atoms with Crippen molar-refractivity contribution in [2.24, 2.45) is 33.7 Å². The molecule has 0 spiro atoms. The summed E-state index contributed by atoms with van der Waals surface area (Å²) >= 11 is 0. The van der Waals surface area contributed by atoms with E-state index in [1.165, 1.54) is 11.6 Å². The van der Waals surface area contributed by atoms with Gasteiger partial charge in [-0.1, -0.05) is 30.5 Å². The highest BCUT2D eigenvalue weighted by atomic mass is 16.6. The van der Waals surface area contributed by atoms with Gasteiger partial charge < -0.3 is 35.6 Å². The van der Waals surface area contributed by atoms with Crippen LogP contribution in [-0.2, 0) is 20.8 Å². The van der Waals surface area contributed by atoms with Gasteiger partial charge in [0.25, 0.3) is 5.91 Å². The summed E-state index contributed by atoms with van der Waals surface area (Å²) in [5.41, 5.74) is 1.45. The number of fused-ring (bicyclic) bond motifs is 6. The predicted molar refractivity (Wildman–Crippen MR) is 163 cm³/mol. The average Bonchev–Trinajstić information content (AvgIpc) is 3.49. The number of aliphatic carboxylic acids is 1. The molecule has 6 rings (SSSR count). The van der Waals surface area contributed by atoms with Crippen molar-refractivity contribution in [2.45, 2.75) is 83.0 Å². The van der Waals surface area contributed by atoms with Crippen LogP contribution in [0.15, 0.2) is 41.2 Å². The third kappa shape index (κ3) is 4.87. The van der Waals surface area contributed by atoms with Gasteiger partial charge >= 0.3 is 5.97 Å². The number of rotatable bonds is 7. The van der Waals surface area contributed by atoms with E-state index in [9.17, 15) is 30.0 Å². The number of carboxylic acid groups (broad SMARTS) is 1. The number of aromatic hydroxyl groups is 1. The number of carbonyl (C=O) groups is 2. The van der Waals surface area contributed by atoms with Crippen LogP contribution < -0.4 is 5.32 Å². The summed E-state index contributed by atoms with van der Waals surface area (Å²) in [5, 5.41) is 49.7. The number of terminal acetylenes is 1. The number of aromatic amines is 1. The number of carboxylic acids is 1. The SMILES string of the molecule is C#C[C@]1(O)CC[C@H]2[C@@H]3CCC4=C/C(=N\OCC(=O)N[C@@H](Cc5c[nH]c6cc(O)ccc56)C(=O)O)CC[C@]4(C)[C@H]3[C@@H](O)C[C@@]21C. The van der Waals surface area contributed by atoms with Gasteiger partial charge in [-0.3, -0.25) is 4.79 Å². The zero-order valence-electron chi connectivity index (χ0n) is 25.2. The molecule has 0 radical (unpaired) electrons. The number of oxime groups is 1. The van der Waals surface area contributed by atoms with Crippen LogP contribution in [-0.4, -0.2) is 67.4 Å². The smallest absolute Gasteiger partial charge is 0.326 e. The first-order valence-electron chi connectivity index (χ1n) is 15.5. The van der Waals surface area contributed by atoms with Crippen LogP contribution in [0.2, 0.25) is 0 Å². The summed E-state index contributed by atoms with van der Waals surface area (Å²) in [6.07, 6.45) is 14.1. The second-order valence-electron chi connectivity index (χ2n) is 13.7. The molecule has 44 heavy (non-hydrogen) atoms. The second-order valence-corrected chi connectivity index (χ2v) is 13.7. The minimum atomic E-state index is -1.18. The van der Waals surface area contributed by atoms with Crippen LogP contribution in [0.5, 0.6) is 5.75 Å². The number of allylic oxidation sites excluding steroid dienone is 2. The standard InChI is InChI=1S/C34H41N3O7/c1-4-34(43)12-10-25-24-7-5-20-14-21(9-11-32(20,2)30(24)28(39)16-33(25,34)3)37-44-18-29(40)36-27(31(41)42)13-19-17-35-26-15-22(38)6-8-23(19)26/h1,6,8,14-15,17,24-25,27-28,30,35,38-39,43H,5,7,9-13,16,18H2,2-3H3,(H,36,40)(H,41,42)/b37-21-/t24-,25-,27-,28-,30+,32-,33-,34-/m0/s1. The Morgan fingerprint density at radius 3 is 2.80 bits per heavy atom. The van der Waals surface area contributed by atoms with E-state index in [2.05, 4.69) is 35.2 Å². The predicted octanol–water partition coefficient (Wildman–Crippen LogP) is 3.66. The number of phenolic OH excluding ortho intramolecular Hbond substituents is 1. The number of nitrogens with one attached hydrogen (secondary N) is 2. The summed E-state index contributed by atoms with van der Waals surface area (Å²) in [5.74, 6) is 1.63. The highest BCUT2D eigenvalue weighted by Gasteiger charge is 2.66. The first-order valence-corrected chi connectivity index (χ1v) is 15.5. The van der Waals surface area contributed by atoms with Crippen LogP contribution >= 0.6 is 0 Å². The topological polar surface area (TPSA) is 164 Å². The quantitative estimate of drug-likeness (QED) is 0.208. The van der Waals surface area contributed by atoms with Crippen molar-refractivity contribution in [3.05, 3.63) is 41.6 Å². The summed E-state index contributed by atoms with van der Waals surface area (Å²) in [4.78, 5) is 32.9. The third-order valence-electron chi connectivity index (χ3n) is 11.5. The largest absolute Gasteiger partial charge is 0.508 e. The lowest BCUT2D eigenvalue weighted by molar-refractivity contribution is -0.153. The zero-order valence-corrected chi connectivity index (χ0v) is 25.2. The number of H-pyrrole nitrogens is 1. The van der Waals surface area contributed by atoms with Crippen molar-refractivity contribution >= 4 is 28.5 Å². The maximum Gasteiger partial charge on any atom is 0.326 e. The Morgan fingerprint density at radius 2 is 2.05 bits per heavy atom. The molecule has 8 atom stereocenters. The van der Waals surface area contributed by atoms with Gasteiger partial charge in [0, 0.05) is 35.0 Å². The Bertz CT molecular complexity index is 1590. The molecule has 4 aliphatic rings. The molecule has 0 unspecified atom stereocenters. The summed E-state index contributed by atoms with van der Waals surface area (Å²) in [7, 11) is 0. The molecular formula is C34H41N3O7. The second kappa shape index (κ2) is 11.0. The lowest BCUT2D eigenvalue weighted by Crippen LogP contribution is -2.59. The maximum atomic E-state index is 12.6. The monoisotopic (exact) mass is 603 g/mol. The molecule has 234 valence electrons. The van der Waals surface area contributed by atoms with E-state index in [1.54, 1.807) is 18.3 Å². The van der Waals surface area contributed by atoms with Crippen molar-refractivity contribution in [3.63, 3.8) is 0 Å². The lowest BCUT2D eigenvalue weighted by atomic mass is 9.45. The first-order chi connectivity index (χ1) is 20.9. The third-order valence-corrected chi connectivity index (χ3v) is 11.5. The lowest BCUT2D eigenvalue weighted by Gasteiger charge is -2.60. The molecule has 4 aliphatic carbocycles. The van der Waals surface area contributed by atoms with Crippen molar-refractivity contribution in [1.29, 1.82) is 0 Å². The van der Waals surface area contributed by atoms with E-state index in [1.807, 2.05) is 6.08 Å². The van der Waals surface area contributed by atoms with E-state index >= 15 is 0 Å². The first kappa shape index (κ1) is 30.2. The summed E-state index contributed by atoms with van der Waals surface area (Å²) in [6, 6.07) is 3.61. The number of aliphatic hydroxyl groups excluding tert-OH is 1.